The van der Waals surface area contributed by atoms with E-state index in [-0.39, 0.29) is 11.5 Å². The molecule has 2 aromatic rings. The third-order valence-electron chi connectivity index (χ3n) is 2.62. The third-order valence-corrected chi connectivity index (χ3v) is 2.62. The van der Waals surface area contributed by atoms with Gasteiger partial charge in [0.15, 0.2) is 0 Å². The van der Waals surface area contributed by atoms with Crippen LogP contribution in [0.2, 0.25) is 0 Å². The Labute approximate surface area is 127 Å². The van der Waals surface area contributed by atoms with E-state index in [1.54, 1.807) is 18.2 Å². The second-order valence-corrected chi connectivity index (χ2v) is 4.17. The Morgan fingerprint density at radius 1 is 1.36 bits per heavy atom. The summed E-state index contributed by atoms with van der Waals surface area (Å²) in [4.78, 5) is 14.2. The maximum absolute atomic E-state index is 10.8. The summed E-state index contributed by atoms with van der Waals surface area (Å²) in [6.45, 7) is 4.02. The Hall–Kier alpha value is -3.22. The highest BCUT2D eigenvalue weighted by atomic mass is 16.6. The molecule has 7 heteroatoms. The lowest BCUT2D eigenvalue weighted by atomic mass is 10.2. The van der Waals surface area contributed by atoms with E-state index < -0.39 is 4.92 Å². The summed E-state index contributed by atoms with van der Waals surface area (Å²) in [5.74, 6) is 0.819. The summed E-state index contributed by atoms with van der Waals surface area (Å²) in [5.41, 5.74) is 3.25. The maximum atomic E-state index is 10.8. The van der Waals surface area contributed by atoms with Crippen molar-refractivity contribution in [1.29, 1.82) is 0 Å². The van der Waals surface area contributed by atoms with E-state index in [1.807, 2.05) is 12.1 Å². The summed E-state index contributed by atoms with van der Waals surface area (Å²) < 4.78 is 5.36. The van der Waals surface area contributed by atoms with Crippen molar-refractivity contribution in [2.24, 2.45) is 5.10 Å². The lowest BCUT2D eigenvalue weighted by Gasteiger charge is -2.03. The van der Waals surface area contributed by atoms with E-state index in [1.165, 1.54) is 24.5 Å². The molecule has 0 fully saturated rings. The minimum atomic E-state index is -0.517. The number of hydrogen-bond acceptors (Lipinski definition) is 6. The maximum Gasteiger partial charge on any atom is 0.313 e. The van der Waals surface area contributed by atoms with Crippen LogP contribution in [0.15, 0.2) is 60.4 Å². The van der Waals surface area contributed by atoms with E-state index in [0.29, 0.717) is 6.61 Å². The molecule has 0 aliphatic heterocycles. The highest BCUT2D eigenvalue weighted by molar-refractivity contribution is 5.80. The van der Waals surface area contributed by atoms with Gasteiger partial charge < -0.3 is 4.74 Å². The van der Waals surface area contributed by atoms with Gasteiger partial charge in [-0.1, -0.05) is 12.7 Å². The van der Waals surface area contributed by atoms with Crippen LogP contribution >= 0.6 is 0 Å². The summed E-state index contributed by atoms with van der Waals surface area (Å²) in [7, 11) is 0. The van der Waals surface area contributed by atoms with Crippen molar-refractivity contribution in [3.8, 4) is 5.75 Å². The van der Waals surface area contributed by atoms with Gasteiger partial charge in [0, 0.05) is 12.3 Å². The number of anilines is 1. The normalized spacial score (nSPS) is 10.4. The van der Waals surface area contributed by atoms with Crippen LogP contribution in [0.5, 0.6) is 5.75 Å². The summed E-state index contributed by atoms with van der Waals surface area (Å²) in [6.07, 6.45) is 4.66. The first-order valence-electron chi connectivity index (χ1n) is 6.43. The van der Waals surface area contributed by atoms with Gasteiger partial charge >= 0.3 is 5.69 Å². The molecule has 1 N–H and O–H groups in total. The first kappa shape index (κ1) is 15.2. The van der Waals surface area contributed by atoms with Crippen molar-refractivity contribution in [2.75, 3.05) is 12.0 Å². The Balaban J connectivity index is 2.01. The van der Waals surface area contributed by atoms with Gasteiger partial charge in [0.2, 0.25) is 5.82 Å². The number of rotatable bonds is 7. The molecular weight excluding hydrogens is 284 g/mol. The fourth-order valence-electron chi connectivity index (χ4n) is 1.60. The van der Waals surface area contributed by atoms with Gasteiger partial charge in [-0.25, -0.2) is 4.98 Å². The molecule has 0 saturated heterocycles. The molecule has 7 nitrogen and oxygen atoms in total. The Morgan fingerprint density at radius 3 is 2.82 bits per heavy atom. The van der Waals surface area contributed by atoms with E-state index in [2.05, 4.69) is 22.1 Å². The molecule has 0 saturated carbocycles. The number of nitrogens with zero attached hydrogens (tertiary/aromatic N) is 3. The number of nitro groups is 1. The molecule has 1 heterocycles. The minimum Gasteiger partial charge on any atom is -0.490 e. The monoisotopic (exact) mass is 298 g/mol. The Bertz CT molecular complexity index is 683. The number of aromatic nitrogens is 1. The van der Waals surface area contributed by atoms with Crippen LogP contribution < -0.4 is 10.2 Å². The zero-order valence-electron chi connectivity index (χ0n) is 11.7. The summed E-state index contributed by atoms with van der Waals surface area (Å²) in [5, 5.41) is 14.8. The number of benzene rings is 1. The standard InChI is InChI=1S/C15H14N4O3/c1-2-10-22-13-7-5-12(6-8-13)11-17-18-15-14(19(20)21)4-3-9-16-15/h2-9,11H,1,10H2,(H,16,18)/b17-11-. The zero-order chi connectivity index (χ0) is 15.8. The van der Waals surface area contributed by atoms with Crippen molar-refractivity contribution < 1.29 is 9.66 Å². The fraction of sp³-hybridized carbons (Fsp3) is 0.0667. The molecule has 0 bridgehead atoms. The zero-order valence-corrected chi connectivity index (χ0v) is 11.7. The number of ether oxygens (including phenoxy) is 1. The molecule has 2 rings (SSSR count). The number of hydrazone groups is 1. The van der Waals surface area contributed by atoms with Crippen molar-refractivity contribution in [2.45, 2.75) is 0 Å². The van der Waals surface area contributed by atoms with Crippen molar-refractivity contribution in [3.63, 3.8) is 0 Å². The summed E-state index contributed by atoms with van der Waals surface area (Å²) >= 11 is 0. The second-order valence-electron chi connectivity index (χ2n) is 4.17. The second kappa shape index (κ2) is 7.53. The largest absolute Gasteiger partial charge is 0.490 e. The Kier molecular flexibility index (Phi) is 5.20. The van der Waals surface area contributed by atoms with Crippen LogP contribution in [0.4, 0.5) is 11.5 Å². The van der Waals surface area contributed by atoms with Crippen LogP contribution in [0.1, 0.15) is 5.56 Å². The number of nitrogens with one attached hydrogen (secondary N) is 1. The highest BCUT2D eigenvalue weighted by Gasteiger charge is 2.12. The van der Waals surface area contributed by atoms with Crippen molar-refractivity contribution >= 4 is 17.7 Å². The molecule has 1 aromatic carbocycles. The quantitative estimate of drug-likeness (QED) is 0.367. The third kappa shape index (κ3) is 4.14. The number of hydrogen-bond donors (Lipinski definition) is 1. The fourth-order valence-corrected chi connectivity index (χ4v) is 1.60. The van der Waals surface area contributed by atoms with Gasteiger partial charge in [-0.3, -0.25) is 15.5 Å². The van der Waals surface area contributed by atoms with Crippen LogP contribution in [-0.2, 0) is 0 Å². The lowest BCUT2D eigenvalue weighted by Crippen LogP contribution is -1.99. The smallest absolute Gasteiger partial charge is 0.313 e. The van der Waals surface area contributed by atoms with Gasteiger partial charge in [-0.05, 0) is 35.9 Å². The van der Waals surface area contributed by atoms with E-state index in [4.69, 9.17) is 4.74 Å². The van der Waals surface area contributed by atoms with Gasteiger partial charge in [0.25, 0.3) is 0 Å². The molecule has 112 valence electrons. The lowest BCUT2D eigenvalue weighted by molar-refractivity contribution is -0.384. The first-order chi connectivity index (χ1) is 10.7. The van der Waals surface area contributed by atoms with Gasteiger partial charge in [0.1, 0.15) is 12.4 Å². The van der Waals surface area contributed by atoms with E-state index in [0.717, 1.165) is 11.3 Å². The average molecular weight is 298 g/mol. The molecule has 1 aromatic heterocycles. The predicted octanol–water partition coefficient (Wildman–Crippen LogP) is 3.00. The minimum absolute atomic E-state index is 0.0923. The first-order valence-corrected chi connectivity index (χ1v) is 6.43. The van der Waals surface area contributed by atoms with Crippen LogP contribution in [-0.4, -0.2) is 22.7 Å². The molecule has 0 aliphatic carbocycles. The SMILES string of the molecule is C=CCOc1ccc(/C=N\Nc2ncccc2[N+](=O)[O-])cc1. The molecule has 0 radical (unpaired) electrons. The molecule has 0 aliphatic rings. The van der Waals surface area contributed by atoms with Gasteiger partial charge in [0.05, 0.1) is 11.1 Å². The molecular formula is C15H14N4O3. The average Bonchev–Trinajstić information content (AvgIpc) is 2.54. The molecule has 0 spiro atoms. The molecule has 0 unspecified atom stereocenters. The van der Waals surface area contributed by atoms with Crippen molar-refractivity contribution in [1.82, 2.24) is 4.98 Å². The van der Waals surface area contributed by atoms with E-state index in [9.17, 15) is 10.1 Å². The van der Waals surface area contributed by atoms with E-state index >= 15 is 0 Å². The van der Waals surface area contributed by atoms with Crippen LogP contribution in [0.25, 0.3) is 0 Å². The van der Waals surface area contributed by atoms with Crippen LogP contribution in [0.3, 0.4) is 0 Å². The summed E-state index contributed by atoms with van der Waals surface area (Å²) in [6, 6.07) is 10.1. The Morgan fingerprint density at radius 2 is 2.14 bits per heavy atom. The predicted molar refractivity (Wildman–Crippen MR) is 84.2 cm³/mol. The van der Waals surface area contributed by atoms with Gasteiger partial charge in [-0.2, -0.15) is 5.10 Å². The highest BCUT2D eigenvalue weighted by Crippen LogP contribution is 2.20. The van der Waals surface area contributed by atoms with Crippen molar-refractivity contribution in [3.05, 3.63) is 70.9 Å². The number of pyridine rings is 1. The molecule has 0 atom stereocenters. The molecule has 22 heavy (non-hydrogen) atoms. The molecule has 0 amide bonds. The van der Waals surface area contributed by atoms with Crippen LogP contribution in [0, 0.1) is 10.1 Å². The van der Waals surface area contributed by atoms with Gasteiger partial charge in [-0.15, -0.1) is 0 Å². The topological polar surface area (TPSA) is 89.7 Å².